The van der Waals surface area contributed by atoms with E-state index in [1.165, 1.54) is 173 Å². The van der Waals surface area contributed by atoms with Gasteiger partial charge in [0.05, 0.1) is 0 Å². The van der Waals surface area contributed by atoms with Gasteiger partial charge in [-0.05, 0) is 227 Å². The maximum atomic E-state index is 2.46. The lowest BCUT2D eigenvalue weighted by Crippen LogP contribution is -2.35. The van der Waals surface area contributed by atoms with Gasteiger partial charge in [-0.3, -0.25) is 0 Å². The van der Waals surface area contributed by atoms with Crippen molar-refractivity contribution in [1.82, 2.24) is 0 Å². The first kappa shape index (κ1) is 84.0. The molecule has 7 aliphatic carbocycles. The molecule has 0 spiro atoms. The Morgan fingerprint density at radius 1 is 0.198 bits per heavy atom. The van der Waals surface area contributed by atoms with Crippen LogP contribution in [-0.4, -0.2) is 0 Å². The molecule has 516 valence electrons. The van der Waals surface area contributed by atoms with E-state index >= 15 is 0 Å². The molecule has 86 heavy (non-hydrogen) atoms. The average molecular weight is 1210 g/mol. The Morgan fingerprint density at radius 3 is 0.721 bits per heavy atom. The standard InChI is InChI=1S/3C13H26.3C12H24.C11H22/c1-10(2)13(4,5)12-8-6-11(3)7-9-12;1-10(2)13(4,5)12-8-6-7-11(3)9-12;1-10(2)13(4,5)12-9-7-6-8-11(12)3;1-9(2)12(4,5)11-7-6-10(3)8-11;1-9(2)12(4,5)11-8-6-7-10(11)3;1-10(2)12(3,4)11-8-6-5-7-9-11;1-9(2)11(3,4)10-7-5-6-8-10/h3*10-12H,6-9H2,1-5H3;2*9-11H,6-8H2,1-5H3;10-11H,5-9H2,1-4H3;9-10H,5-8H2,1-4H3. The van der Waals surface area contributed by atoms with Crippen LogP contribution in [0.1, 0.15) is 402 Å². The lowest BCUT2D eigenvalue weighted by Gasteiger charge is -2.44. The largest absolute Gasteiger partial charge is 0.0625 e. The predicted molar refractivity (Wildman–Crippen MR) is 395 cm³/mol. The zero-order chi connectivity index (χ0) is 66.6. The van der Waals surface area contributed by atoms with Crippen molar-refractivity contribution in [3.05, 3.63) is 0 Å². The third-order valence-electron chi connectivity index (χ3n) is 30.2. The van der Waals surface area contributed by atoms with Crippen LogP contribution in [0.5, 0.6) is 0 Å². The van der Waals surface area contributed by atoms with Crippen LogP contribution >= 0.6 is 0 Å². The minimum absolute atomic E-state index is 0.542. The van der Waals surface area contributed by atoms with Crippen LogP contribution in [0.3, 0.4) is 0 Å². The number of rotatable bonds is 14. The van der Waals surface area contributed by atoms with Gasteiger partial charge in [-0.1, -0.05) is 325 Å². The fraction of sp³-hybridized carbons (Fsp3) is 1.00. The summed E-state index contributed by atoms with van der Waals surface area (Å²) in [4.78, 5) is 0. The first-order chi connectivity index (χ1) is 39.3. The minimum Gasteiger partial charge on any atom is -0.0625 e. The normalized spacial score (nSPS) is 28.6. The number of hydrogen-bond acceptors (Lipinski definition) is 0. The molecule has 0 radical (unpaired) electrons. The lowest BCUT2D eigenvalue weighted by atomic mass is 9.62. The molecule has 0 aromatic carbocycles. The van der Waals surface area contributed by atoms with E-state index in [4.69, 9.17) is 0 Å². The van der Waals surface area contributed by atoms with Crippen molar-refractivity contribution < 1.29 is 0 Å². The molecule has 7 saturated carbocycles. The predicted octanol–water partition coefficient (Wildman–Crippen LogP) is 29.8. The Hall–Kier alpha value is 0. The zero-order valence-electron chi connectivity index (χ0n) is 66.6. The third-order valence-corrected chi connectivity index (χ3v) is 30.2. The lowest BCUT2D eigenvalue weighted by molar-refractivity contribution is 0.0592. The summed E-state index contributed by atoms with van der Waals surface area (Å²) >= 11 is 0. The van der Waals surface area contributed by atoms with Crippen LogP contribution in [-0.2, 0) is 0 Å². The Balaban J connectivity index is 0.000000502. The van der Waals surface area contributed by atoms with Crippen molar-refractivity contribution >= 4 is 0 Å². The molecule has 0 N–H and O–H groups in total. The first-order valence-electron chi connectivity index (χ1n) is 39.3. The molecular weight excluding hydrogens is 1030 g/mol. The second kappa shape index (κ2) is 37.8. The zero-order valence-corrected chi connectivity index (χ0v) is 66.6. The molecule has 0 amide bonds. The van der Waals surface area contributed by atoms with Crippen molar-refractivity contribution in [2.24, 2.45) is 150 Å². The second-order valence-electron chi connectivity index (χ2n) is 39.1. The van der Waals surface area contributed by atoms with E-state index in [0.29, 0.717) is 37.9 Å². The monoisotopic (exact) mass is 1210 g/mol. The summed E-state index contributed by atoms with van der Waals surface area (Å²) in [6.07, 6.45) is 39.6. The summed E-state index contributed by atoms with van der Waals surface area (Å²) in [5, 5.41) is 0. The van der Waals surface area contributed by atoms with Crippen molar-refractivity contribution in [2.45, 2.75) is 402 Å². The fourth-order valence-electron chi connectivity index (χ4n) is 17.4. The molecule has 0 heterocycles. The SMILES string of the molecule is CC(C)C(C)(C)C1CCCC1.CC(C)C(C)(C)C1CCCCC1.CC1CCC(C(C)(C)C(C)C)C1.CC1CCC(C(C)(C)C(C)C)CC1.CC1CCCC(C(C)(C)C(C)C)C1.CC1CCCC1C(C)(C)C(C)C.CC1CCCCC1C(C)(C)C(C)C. The molecule has 0 bridgehead atoms. The maximum absolute atomic E-state index is 2.46. The topological polar surface area (TPSA) is 0 Å². The molecule has 8 unspecified atom stereocenters. The molecule has 8 atom stereocenters. The number of hydrogen-bond donors (Lipinski definition) is 0. The third kappa shape index (κ3) is 26.1. The van der Waals surface area contributed by atoms with Gasteiger partial charge in [-0.2, -0.15) is 0 Å². The molecule has 0 aromatic heterocycles. The highest BCUT2D eigenvalue weighted by atomic mass is 14.5. The van der Waals surface area contributed by atoms with Crippen molar-refractivity contribution in [3.8, 4) is 0 Å². The van der Waals surface area contributed by atoms with Gasteiger partial charge in [-0.15, -0.1) is 0 Å². The van der Waals surface area contributed by atoms with Crippen LogP contribution in [0.2, 0.25) is 0 Å². The van der Waals surface area contributed by atoms with Crippen LogP contribution in [0, 0.1) is 150 Å². The van der Waals surface area contributed by atoms with Gasteiger partial charge in [0, 0.05) is 0 Å². The molecule has 0 saturated heterocycles. The summed E-state index contributed by atoms with van der Waals surface area (Å²) in [5.41, 5.74) is 3.91. The van der Waals surface area contributed by atoms with E-state index in [9.17, 15) is 0 Å². The van der Waals surface area contributed by atoms with Crippen LogP contribution in [0.15, 0.2) is 0 Å². The molecule has 0 nitrogen and oxygen atoms in total. The van der Waals surface area contributed by atoms with Crippen molar-refractivity contribution in [2.75, 3.05) is 0 Å². The van der Waals surface area contributed by atoms with Gasteiger partial charge in [0.1, 0.15) is 0 Å². The van der Waals surface area contributed by atoms with Gasteiger partial charge in [0.25, 0.3) is 0 Å². The van der Waals surface area contributed by atoms with E-state index in [1.807, 2.05) is 0 Å². The van der Waals surface area contributed by atoms with Crippen LogP contribution in [0.25, 0.3) is 0 Å². The highest BCUT2D eigenvalue weighted by Gasteiger charge is 2.41. The van der Waals surface area contributed by atoms with Crippen LogP contribution < -0.4 is 0 Å². The smallest absolute Gasteiger partial charge is 0.0300 e. The minimum atomic E-state index is 0.542. The average Bonchev–Trinajstić information content (AvgIpc) is 3.42. The highest BCUT2D eigenvalue weighted by molar-refractivity contribution is 4.91. The van der Waals surface area contributed by atoms with E-state index in [-0.39, 0.29) is 0 Å². The van der Waals surface area contributed by atoms with E-state index in [2.05, 4.69) is 228 Å². The quantitative estimate of drug-likeness (QED) is 0.163. The molecule has 7 rings (SSSR count). The maximum Gasteiger partial charge on any atom is -0.0300 e. The summed E-state index contributed by atoms with van der Waals surface area (Å²) in [7, 11) is 0. The van der Waals surface area contributed by atoms with E-state index in [1.54, 1.807) is 0 Å². The summed E-state index contributed by atoms with van der Waals surface area (Å²) < 4.78 is 0. The molecular formula is C86H172. The Labute approximate surface area is 549 Å². The fourth-order valence-corrected chi connectivity index (χ4v) is 17.4. The van der Waals surface area contributed by atoms with Gasteiger partial charge >= 0.3 is 0 Å². The molecule has 7 aliphatic rings. The van der Waals surface area contributed by atoms with E-state index in [0.717, 1.165) is 112 Å². The molecule has 0 aromatic rings. The van der Waals surface area contributed by atoms with Gasteiger partial charge < -0.3 is 0 Å². The molecule has 0 heteroatoms. The summed E-state index contributed by atoms with van der Waals surface area (Å²) in [6.45, 7) is 79.6. The first-order valence-corrected chi connectivity index (χ1v) is 39.3. The second-order valence-corrected chi connectivity index (χ2v) is 39.1. The van der Waals surface area contributed by atoms with E-state index < -0.39 is 0 Å². The molecule has 0 aliphatic heterocycles. The van der Waals surface area contributed by atoms with Crippen LogP contribution in [0.4, 0.5) is 0 Å². The van der Waals surface area contributed by atoms with Gasteiger partial charge in [-0.25, -0.2) is 0 Å². The summed E-state index contributed by atoms with van der Waals surface area (Å²) in [6, 6.07) is 0. The Bertz CT molecular complexity index is 1680. The van der Waals surface area contributed by atoms with Crippen molar-refractivity contribution in [1.29, 1.82) is 0 Å². The van der Waals surface area contributed by atoms with Gasteiger partial charge in [0.15, 0.2) is 0 Å². The Kier molecular flexibility index (Phi) is 36.9. The summed E-state index contributed by atoms with van der Waals surface area (Å²) in [5.74, 6) is 17.5. The highest BCUT2D eigenvalue weighted by Crippen LogP contribution is 2.51. The Morgan fingerprint density at radius 2 is 0.419 bits per heavy atom. The van der Waals surface area contributed by atoms with Crippen molar-refractivity contribution in [3.63, 3.8) is 0 Å². The molecule has 7 fully saturated rings. The van der Waals surface area contributed by atoms with Gasteiger partial charge in [0.2, 0.25) is 0 Å².